The number of benzene rings is 2. The lowest BCUT2D eigenvalue weighted by atomic mass is 9.85. The number of rotatable bonds is 4. The molecule has 2 nitrogen and oxygen atoms in total. The van der Waals surface area contributed by atoms with E-state index in [1.165, 1.54) is 20.3 Å². The highest BCUT2D eigenvalue weighted by Gasteiger charge is 2.36. The monoisotopic (exact) mass is 406 g/mol. The first-order valence-corrected chi connectivity index (χ1v) is 8.66. The minimum Gasteiger partial charge on any atom is -0.465 e. The maximum absolute atomic E-state index is 12.1. The lowest BCUT2D eigenvalue weighted by Crippen LogP contribution is -2.20. The largest absolute Gasteiger partial charge is 0.465 e. The maximum Gasteiger partial charge on any atom is 0.309 e. The van der Waals surface area contributed by atoms with Gasteiger partial charge in [-0.15, -0.1) is 0 Å². The van der Waals surface area contributed by atoms with Crippen LogP contribution in [-0.4, -0.2) is 12.6 Å². The van der Waals surface area contributed by atoms with E-state index in [1.807, 2.05) is 0 Å². The van der Waals surface area contributed by atoms with E-state index in [-0.39, 0.29) is 17.8 Å². The van der Waals surface area contributed by atoms with Crippen LogP contribution in [0.3, 0.4) is 0 Å². The smallest absolute Gasteiger partial charge is 0.309 e. The van der Waals surface area contributed by atoms with Gasteiger partial charge in [0.15, 0.2) is 0 Å². The molecular weight excluding hydrogens is 387 g/mol. The van der Waals surface area contributed by atoms with Crippen LogP contribution in [0.4, 0.5) is 0 Å². The van der Waals surface area contributed by atoms with Crippen LogP contribution in [-0.2, 0) is 22.4 Å². The Bertz CT molecular complexity index is 663. The summed E-state index contributed by atoms with van der Waals surface area (Å²) in [5, 5.41) is 0. The molecule has 2 aromatic rings. The number of hydrogen-bond donors (Lipinski definition) is 0. The van der Waals surface area contributed by atoms with Gasteiger partial charge in [-0.05, 0) is 65.6 Å². The highest BCUT2D eigenvalue weighted by atomic mass is 127. The van der Waals surface area contributed by atoms with Crippen molar-refractivity contribution in [3.63, 3.8) is 0 Å². The summed E-state index contributed by atoms with van der Waals surface area (Å²) in [7, 11) is 0. The Balaban J connectivity index is 1.73. The van der Waals surface area contributed by atoms with E-state index in [0.717, 1.165) is 12.8 Å². The molecule has 1 fully saturated rings. The zero-order chi connectivity index (χ0) is 15.5. The number of cyclic esters (lactones) is 1. The predicted molar refractivity (Wildman–Crippen MR) is 95.7 cm³/mol. The van der Waals surface area contributed by atoms with Gasteiger partial charge in [0.1, 0.15) is 0 Å². The van der Waals surface area contributed by atoms with Crippen molar-refractivity contribution < 1.29 is 9.53 Å². The first-order chi connectivity index (χ1) is 10.6. The van der Waals surface area contributed by atoms with Gasteiger partial charge in [0.2, 0.25) is 0 Å². The number of hydrogen-bond acceptors (Lipinski definition) is 2. The summed E-state index contributed by atoms with van der Waals surface area (Å²) in [4.78, 5) is 12.1. The number of carbonyl (C=O) groups excluding carboxylic acids is 1. The van der Waals surface area contributed by atoms with Crippen molar-refractivity contribution in [2.45, 2.75) is 19.8 Å². The van der Waals surface area contributed by atoms with Crippen LogP contribution < -0.4 is 0 Å². The molecule has 114 valence electrons. The predicted octanol–water partition coefficient (Wildman–Crippen LogP) is 4.17. The molecule has 0 aromatic heterocycles. The fraction of sp³-hybridized carbons (Fsp3) is 0.316. The molecule has 1 heterocycles. The normalized spacial score (nSPS) is 20.9. The van der Waals surface area contributed by atoms with Gasteiger partial charge in [-0.1, -0.05) is 42.0 Å². The van der Waals surface area contributed by atoms with Crippen LogP contribution in [0.2, 0.25) is 0 Å². The Morgan fingerprint density at radius 1 is 1.09 bits per heavy atom. The minimum absolute atomic E-state index is 0.0272. The van der Waals surface area contributed by atoms with Gasteiger partial charge in [0.05, 0.1) is 12.5 Å². The summed E-state index contributed by atoms with van der Waals surface area (Å²) in [5.74, 6) is 0.199. The average molecular weight is 406 g/mol. The Hall–Kier alpha value is -1.36. The quantitative estimate of drug-likeness (QED) is 0.563. The lowest BCUT2D eigenvalue weighted by Gasteiger charge is -2.15. The zero-order valence-corrected chi connectivity index (χ0v) is 14.7. The van der Waals surface area contributed by atoms with Crippen LogP contribution in [0.15, 0.2) is 48.5 Å². The molecule has 0 amide bonds. The zero-order valence-electron chi connectivity index (χ0n) is 12.6. The van der Waals surface area contributed by atoms with Crippen LogP contribution in [0.5, 0.6) is 0 Å². The van der Waals surface area contributed by atoms with Crippen molar-refractivity contribution in [1.82, 2.24) is 0 Å². The highest BCUT2D eigenvalue weighted by molar-refractivity contribution is 14.1. The third-order valence-electron chi connectivity index (χ3n) is 4.26. The van der Waals surface area contributed by atoms with Gasteiger partial charge in [-0.2, -0.15) is 0 Å². The van der Waals surface area contributed by atoms with Crippen LogP contribution in [0.1, 0.15) is 16.7 Å². The van der Waals surface area contributed by atoms with Crippen molar-refractivity contribution in [2.75, 3.05) is 6.61 Å². The second-order valence-electron chi connectivity index (χ2n) is 6.02. The van der Waals surface area contributed by atoms with Gasteiger partial charge < -0.3 is 4.74 Å². The molecular formula is C19H19IO2. The summed E-state index contributed by atoms with van der Waals surface area (Å²) in [6.07, 6.45) is 1.68. The number of ether oxygens (including phenoxy) is 1. The Labute approximate surface area is 145 Å². The summed E-state index contributed by atoms with van der Waals surface area (Å²) in [5.41, 5.74) is 3.76. The second-order valence-corrected chi connectivity index (χ2v) is 7.27. The van der Waals surface area contributed by atoms with Crippen molar-refractivity contribution in [3.05, 3.63) is 68.8 Å². The van der Waals surface area contributed by atoms with Crippen molar-refractivity contribution >= 4 is 28.6 Å². The van der Waals surface area contributed by atoms with Gasteiger partial charge in [-0.25, -0.2) is 0 Å². The number of esters is 1. The molecule has 0 unspecified atom stereocenters. The fourth-order valence-corrected chi connectivity index (χ4v) is 3.43. The maximum atomic E-state index is 12.1. The lowest BCUT2D eigenvalue weighted by molar-refractivity contribution is -0.141. The third-order valence-corrected chi connectivity index (χ3v) is 4.98. The summed E-state index contributed by atoms with van der Waals surface area (Å²) >= 11 is 2.30. The van der Waals surface area contributed by atoms with Crippen molar-refractivity contribution in [3.8, 4) is 0 Å². The molecule has 1 aliphatic heterocycles. The Morgan fingerprint density at radius 3 is 2.59 bits per heavy atom. The van der Waals surface area contributed by atoms with Crippen LogP contribution in [0.25, 0.3) is 0 Å². The molecule has 2 atom stereocenters. The molecule has 0 N–H and O–H groups in total. The molecule has 2 aromatic carbocycles. The molecule has 3 heteroatoms. The van der Waals surface area contributed by atoms with Gasteiger partial charge in [-0.3, -0.25) is 4.79 Å². The van der Waals surface area contributed by atoms with Crippen molar-refractivity contribution in [2.24, 2.45) is 11.8 Å². The molecule has 1 saturated heterocycles. The Kier molecular flexibility index (Phi) is 4.81. The molecule has 0 bridgehead atoms. The van der Waals surface area contributed by atoms with Crippen LogP contribution in [0, 0.1) is 22.3 Å². The van der Waals surface area contributed by atoms with E-state index in [4.69, 9.17) is 4.74 Å². The van der Waals surface area contributed by atoms with Crippen LogP contribution >= 0.6 is 22.6 Å². The van der Waals surface area contributed by atoms with E-state index < -0.39 is 0 Å². The van der Waals surface area contributed by atoms with E-state index >= 15 is 0 Å². The van der Waals surface area contributed by atoms with Crippen molar-refractivity contribution in [1.29, 1.82) is 0 Å². The second kappa shape index (κ2) is 6.82. The molecule has 0 radical (unpaired) electrons. The Morgan fingerprint density at radius 2 is 1.86 bits per heavy atom. The average Bonchev–Trinajstić information content (AvgIpc) is 2.83. The first-order valence-electron chi connectivity index (χ1n) is 7.58. The molecule has 0 saturated carbocycles. The number of halogens is 1. The van der Waals surface area contributed by atoms with E-state index in [0.29, 0.717) is 6.61 Å². The first kappa shape index (κ1) is 15.5. The van der Waals surface area contributed by atoms with Gasteiger partial charge in [0.25, 0.3) is 0 Å². The topological polar surface area (TPSA) is 26.3 Å². The number of carbonyl (C=O) groups is 1. The van der Waals surface area contributed by atoms with E-state index in [9.17, 15) is 4.79 Å². The standard InChI is InChI=1S/C19H19IO2/c1-13-3-2-4-15(9-13)10-16-12-22-19(21)18(16)11-14-5-7-17(20)8-6-14/h2-9,16,18H,10-12H2,1H3/t16-,18+/m0/s1. The van der Waals surface area contributed by atoms with E-state index in [1.54, 1.807) is 0 Å². The van der Waals surface area contributed by atoms with Gasteiger partial charge in [0, 0.05) is 9.49 Å². The fourth-order valence-electron chi connectivity index (χ4n) is 3.07. The molecule has 1 aliphatic rings. The molecule has 3 rings (SSSR count). The minimum atomic E-state index is -0.0452. The summed E-state index contributed by atoms with van der Waals surface area (Å²) < 4.78 is 6.55. The summed E-state index contributed by atoms with van der Waals surface area (Å²) in [6, 6.07) is 16.9. The third kappa shape index (κ3) is 3.69. The SMILES string of the molecule is Cc1cccc(C[C@H]2COC(=O)[C@@H]2Cc2ccc(I)cc2)c1. The number of aryl methyl sites for hydroxylation is 1. The highest BCUT2D eigenvalue weighted by Crippen LogP contribution is 2.29. The molecule has 0 aliphatic carbocycles. The molecule has 22 heavy (non-hydrogen) atoms. The summed E-state index contributed by atoms with van der Waals surface area (Å²) in [6.45, 7) is 2.64. The van der Waals surface area contributed by atoms with Gasteiger partial charge >= 0.3 is 5.97 Å². The molecule has 0 spiro atoms. The van der Waals surface area contributed by atoms with E-state index in [2.05, 4.69) is 78.0 Å².